The van der Waals surface area contributed by atoms with Crippen molar-refractivity contribution in [3.05, 3.63) is 18.0 Å². The number of aromatic nitrogens is 2. The van der Waals surface area contributed by atoms with E-state index in [2.05, 4.69) is 32.3 Å². The molecule has 1 aliphatic rings. The molecule has 1 saturated heterocycles. The molecule has 0 aliphatic carbocycles. The Kier molecular flexibility index (Phi) is 7.90. The van der Waals surface area contributed by atoms with E-state index in [-0.39, 0.29) is 24.0 Å². The van der Waals surface area contributed by atoms with Crippen LogP contribution in [0.2, 0.25) is 0 Å². The van der Waals surface area contributed by atoms with Gasteiger partial charge in [-0.05, 0) is 25.8 Å². The van der Waals surface area contributed by atoms with E-state index in [0.717, 1.165) is 50.7 Å². The van der Waals surface area contributed by atoms with E-state index < -0.39 is 0 Å². The summed E-state index contributed by atoms with van der Waals surface area (Å²) in [6, 6.07) is 1.96. The Morgan fingerprint density at radius 3 is 2.85 bits per heavy atom. The molecule has 0 bridgehead atoms. The van der Waals surface area contributed by atoms with Crippen molar-refractivity contribution in [2.75, 3.05) is 26.7 Å². The van der Waals surface area contributed by atoms with Crippen LogP contribution in [0.15, 0.2) is 17.3 Å². The molecule has 2 heterocycles. The van der Waals surface area contributed by atoms with Crippen molar-refractivity contribution < 1.29 is 4.74 Å². The quantitative estimate of drug-likeness (QED) is 0.464. The minimum absolute atomic E-state index is 0. The smallest absolute Gasteiger partial charge is 0.193 e. The van der Waals surface area contributed by atoms with E-state index in [1.807, 2.05) is 13.1 Å². The number of H-pyrrole nitrogens is 1. The molecule has 0 aromatic carbocycles. The molecule has 114 valence electrons. The largest absolute Gasteiger partial charge is 0.378 e. The highest BCUT2D eigenvalue weighted by atomic mass is 127. The van der Waals surface area contributed by atoms with Crippen molar-refractivity contribution in [1.82, 2.24) is 20.4 Å². The number of halogens is 1. The van der Waals surface area contributed by atoms with Crippen LogP contribution < -0.4 is 5.32 Å². The first-order valence-corrected chi connectivity index (χ1v) is 6.89. The molecule has 2 rings (SSSR count). The number of rotatable bonds is 4. The zero-order valence-corrected chi connectivity index (χ0v) is 14.5. The van der Waals surface area contributed by atoms with E-state index in [1.165, 1.54) is 0 Å². The summed E-state index contributed by atoms with van der Waals surface area (Å²) >= 11 is 0. The fourth-order valence-corrected chi connectivity index (χ4v) is 2.36. The summed E-state index contributed by atoms with van der Waals surface area (Å²) < 4.78 is 5.66. The number of piperidine rings is 1. The Bertz CT molecular complexity index is 387. The predicted octanol–water partition coefficient (Wildman–Crippen LogP) is 1.60. The van der Waals surface area contributed by atoms with Gasteiger partial charge in [0.2, 0.25) is 0 Å². The van der Waals surface area contributed by atoms with Gasteiger partial charge in [0.15, 0.2) is 5.96 Å². The second kappa shape index (κ2) is 9.17. The number of guanidine groups is 1. The molecule has 0 unspecified atom stereocenters. The number of hydrogen-bond donors (Lipinski definition) is 2. The molecule has 0 spiro atoms. The monoisotopic (exact) mass is 393 g/mol. The standard InChI is InChI=1S/C13H23N5O.HI/c1-3-19-12-5-8-18(9-6-12)13(14-2)15-10-11-4-7-16-17-11;/h4,7,12H,3,5-6,8-10H2,1-2H3,(H,14,15)(H,16,17);1H. The van der Waals surface area contributed by atoms with Crippen LogP contribution in [0.5, 0.6) is 0 Å². The molecule has 6 nitrogen and oxygen atoms in total. The van der Waals surface area contributed by atoms with Crippen LogP contribution >= 0.6 is 24.0 Å². The van der Waals surface area contributed by atoms with Crippen LogP contribution in [0.3, 0.4) is 0 Å². The molecule has 7 heteroatoms. The van der Waals surface area contributed by atoms with Crippen LogP contribution in [0, 0.1) is 0 Å². The van der Waals surface area contributed by atoms with E-state index in [0.29, 0.717) is 6.10 Å². The summed E-state index contributed by atoms with van der Waals surface area (Å²) in [4.78, 5) is 6.62. The molecule has 0 radical (unpaired) electrons. The summed E-state index contributed by atoms with van der Waals surface area (Å²) in [5.74, 6) is 0.949. The number of nitrogens with zero attached hydrogens (tertiary/aromatic N) is 3. The maximum Gasteiger partial charge on any atom is 0.193 e. The highest BCUT2D eigenvalue weighted by Gasteiger charge is 2.21. The van der Waals surface area contributed by atoms with E-state index in [9.17, 15) is 0 Å². The first-order chi connectivity index (χ1) is 9.33. The van der Waals surface area contributed by atoms with Gasteiger partial charge < -0.3 is 15.0 Å². The number of ether oxygens (including phenoxy) is 1. The van der Waals surface area contributed by atoms with Gasteiger partial charge >= 0.3 is 0 Å². The fraction of sp³-hybridized carbons (Fsp3) is 0.692. The first-order valence-electron chi connectivity index (χ1n) is 6.89. The zero-order valence-electron chi connectivity index (χ0n) is 12.1. The number of likely N-dealkylation sites (tertiary alicyclic amines) is 1. The Hall–Kier alpha value is -0.830. The molecule has 0 amide bonds. The topological polar surface area (TPSA) is 65.5 Å². The van der Waals surface area contributed by atoms with Gasteiger partial charge in [-0.2, -0.15) is 5.10 Å². The molecule has 0 atom stereocenters. The molecule has 1 fully saturated rings. The molecular weight excluding hydrogens is 369 g/mol. The Labute approximate surface area is 137 Å². The van der Waals surface area contributed by atoms with Crippen LogP contribution in [-0.2, 0) is 11.3 Å². The van der Waals surface area contributed by atoms with E-state index in [4.69, 9.17) is 4.74 Å². The molecule has 20 heavy (non-hydrogen) atoms. The van der Waals surface area contributed by atoms with Gasteiger partial charge in [-0.1, -0.05) is 0 Å². The highest BCUT2D eigenvalue weighted by Crippen LogP contribution is 2.13. The first kappa shape index (κ1) is 17.2. The summed E-state index contributed by atoms with van der Waals surface area (Å²) in [6.45, 7) is 5.56. The maximum absolute atomic E-state index is 5.66. The third-order valence-electron chi connectivity index (χ3n) is 3.35. The van der Waals surface area contributed by atoms with Gasteiger partial charge in [-0.3, -0.25) is 10.1 Å². The second-order valence-corrected chi connectivity index (χ2v) is 4.62. The Morgan fingerprint density at radius 2 is 2.30 bits per heavy atom. The van der Waals surface area contributed by atoms with Gasteiger partial charge in [0.25, 0.3) is 0 Å². The lowest BCUT2D eigenvalue weighted by Crippen LogP contribution is -2.46. The predicted molar refractivity (Wildman–Crippen MR) is 90.4 cm³/mol. The lowest BCUT2D eigenvalue weighted by Gasteiger charge is -2.33. The number of nitrogens with one attached hydrogen (secondary N) is 2. The van der Waals surface area contributed by atoms with E-state index in [1.54, 1.807) is 6.20 Å². The van der Waals surface area contributed by atoms with Crippen molar-refractivity contribution >= 4 is 29.9 Å². The molecule has 1 aromatic rings. The van der Waals surface area contributed by atoms with Crippen LogP contribution in [0.1, 0.15) is 25.5 Å². The average molecular weight is 393 g/mol. The fourth-order valence-electron chi connectivity index (χ4n) is 2.36. The third-order valence-corrected chi connectivity index (χ3v) is 3.35. The van der Waals surface area contributed by atoms with Crippen molar-refractivity contribution in [3.8, 4) is 0 Å². The molecule has 0 saturated carbocycles. The van der Waals surface area contributed by atoms with Crippen molar-refractivity contribution in [3.63, 3.8) is 0 Å². The SMILES string of the molecule is CCOC1CCN(C(=NC)NCc2ccn[nH]2)CC1.I. The van der Waals surface area contributed by atoms with E-state index >= 15 is 0 Å². The van der Waals surface area contributed by atoms with Gasteiger partial charge in [0, 0.05) is 32.9 Å². The lowest BCUT2D eigenvalue weighted by molar-refractivity contribution is 0.0263. The Morgan fingerprint density at radius 1 is 1.55 bits per heavy atom. The average Bonchev–Trinajstić information content (AvgIpc) is 2.95. The normalized spacial score (nSPS) is 16.9. The van der Waals surface area contributed by atoms with Crippen molar-refractivity contribution in [2.45, 2.75) is 32.4 Å². The maximum atomic E-state index is 5.66. The molecule has 2 N–H and O–H groups in total. The second-order valence-electron chi connectivity index (χ2n) is 4.62. The third kappa shape index (κ3) is 4.93. The summed E-state index contributed by atoms with van der Waals surface area (Å²) in [7, 11) is 1.82. The number of aromatic amines is 1. The van der Waals surface area contributed by atoms with Crippen molar-refractivity contribution in [1.29, 1.82) is 0 Å². The van der Waals surface area contributed by atoms with Gasteiger partial charge in [-0.15, -0.1) is 24.0 Å². The number of aliphatic imine (C=N–C) groups is 1. The lowest BCUT2D eigenvalue weighted by atomic mass is 10.1. The minimum Gasteiger partial charge on any atom is -0.378 e. The van der Waals surface area contributed by atoms with Crippen molar-refractivity contribution in [2.24, 2.45) is 4.99 Å². The summed E-state index contributed by atoms with van der Waals surface area (Å²) in [6.07, 6.45) is 4.30. The molecule has 1 aliphatic heterocycles. The number of hydrogen-bond acceptors (Lipinski definition) is 3. The van der Waals surface area contributed by atoms with Gasteiger partial charge in [0.05, 0.1) is 18.3 Å². The van der Waals surface area contributed by atoms with Crippen LogP contribution in [0.4, 0.5) is 0 Å². The van der Waals surface area contributed by atoms with Gasteiger partial charge in [0.1, 0.15) is 0 Å². The molecular formula is C13H24IN5O. The van der Waals surface area contributed by atoms with Crippen LogP contribution in [-0.4, -0.2) is 53.9 Å². The molecule has 1 aromatic heterocycles. The zero-order chi connectivity index (χ0) is 13.5. The van der Waals surface area contributed by atoms with Crippen LogP contribution in [0.25, 0.3) is 0 Å². The summed E-state index contributed by atoms with van der Waals surface area (Å²) in [5.41, 5.74) is 1.06. The summed E-state index contributed by atoms with van der Waals surface area (Å²) in [5, 5.41) is 10.2. The minimum atomic E-state index is 0. The highest BCUT2D eigenvalue weighted by molar-refractivity contribution is 14.0. The van der Waals surface area contributed by atoms with Gasteiger partial charge in [-0.25, -0.2) is 0 Å². The Balaban J connectivity index is 0.00000200.